The summed E-state index contributed by atoms with van der Waals surface area (Å²) in [5.41, 5.74) is -1.08. The first-order chi connectivity index (χ1) is 9.31. The number of hydrogen-bond acceptors (Lipinski definition) is 4. The van der Waals surface area contributed by atoms with Crippen molar-refractivity contribution < 1.29 is 23.6 Å². The SMILES string of the molecule is CC(CCC(=O)O)CNc1cc(F)cc(F)c1[N+](=O)[O-]. The summed E-state index contributed by atoms with van der Waals surface area (Å²) in [6.45, 7) is 1.91. The zero-order valence-corrected chi connectivity index (χ0v) is 10.7. The van der Waals surface area contributed by atoms with Crippen LogP contribution in [0, 0.1) is 27.7 Å². The predicted molar refractivity (Wildman–Crippen MR) is 67.5 cm³/mol. The Morgan fingerprint density at radius 1 is 1.50 bits per heavy atom. The fourth-order valence-corrected chi connectivity index (χ4v) is 1.64. The lowest BCUT2D eigenvalue weighted by molar-refractivity contribution is -0.386. The molecule has 1 atom stereocenters. The molecule has 0 saturated heterocycles. The highest BCUT2D eigenvalue weighted by Gasteiger charge is 2.22. The first kappa shape index (κ1) is 15.8. The van der Waals surface area contributed by atoms with Crippen LogP contribution >= 0.6 is 0 Å². The van der Waals surface area contributed by atoms with Crippen LogP contribution in [0.25, 0.3) is 0 Å². The fraction of sp³-hybridized carbons (Fsp3) is 0.417. The molecule has 1 aromatic rings. The zero-order valence-electron chi connectivity index (χ0n) is 10.7. The third-order valence-electron chi connectivity index (χ3n) is 2.70. The van der Waals surface area contributed by atoms with Crippen molar-refractivity contribution in [1.29, 1.82) is 0 Å². The molecular formula is C12H14F2N2O4. The Balaban J connectivity index is 2.77. The standard InChI is InChI=1S/C12H14F2N2O4/c1-7(2-3-11(17)18)6-15-10-5-8(13)4-9(14)12(10)16(19)20/h4-5,7,15H,2-3,6H2,1H3,(H,17,18). The van der Waals surface area contributed by atoms with Gasteiger partial charge in [0, 0.05) is 25.1 Å². The Kier molecular flexibility index (Phi) is 5.36. The molecule has 1 aromatic carbocycles. The first-order valence-electron chi connectivity index (χ1n) is 5.90. The van der Waals surface area contributed by atoms with Crippen molar-refractivity contribution in [2.45, 2.75) is 19.8 Å². The van der Waals surface area contributed by atoms with E-state index in [2.05, 4.69) is 5.32 Å². The second-order valence-corrected chi connectivity index (χ2v) is 4.46. The highest BCUT2D eigenvalue weighted by atomic mass is 19.1. The van der Waals surface area contributed by atoms with Crippen LogP contribution < -0.4 is 5.32 Å². The molecule has 0 aliphatic carbocycles. The van der Waals surface area contributed by atoms with Gasteiger partial charge in [-0.2, -0.15) is 4.39 Å². The molecule has 8 heteroatoms. The summed E-state index contributed by atoms with van der Waals surface area (Å²) in [6, 6.07) is 1.28. The Labute approximate surface area is 113 Å². The minimum absolute atomic E-state index is 0.0392. The normalized spacial score (nSPS) is 11.9. The highest BCUT2D eigenvalue weighted by Crippen LogP contribution is 2.29. The van der Waals surface area contributed by atoms with Gasteiger partial charge in [0.1, 0.15) is 11.5 Å². The minimum Gasteiger partial charge on any atom is -0.481 e. The van der Waals surface area contributed by atoms with E-state index in [1.807, 2.05) is 0 Å². The van der Waals surface area contributed by atoms with Crippen LogP contribution in [0.15, 0.2) is 12.1 Å². The van der Waals surface area contributed by atoms with Gasteiger partial charge in [0.15, 0.2) is 0 Å². The maximum Gasteiger partial charge on any atom is 0.327 e. The van der Waals surface area contributed by atoms with Gasteiger partial charge in [0.2, 0.25) is 5.82 Å². The van der Waals surface area contributed by atoms with Crippen molar-refractivity contribution in [3.8, 4) is 0 Å². The average Bonchev–Trinajstić information content (AvgIpc) is 2.32. The quantitative estimate of drug-likeness (QED) is 0.594. The molecule has 0 radical (unpaired) electrons. The first-order valence-corrected chi connectivity index (χ1v) is 5.90. The van der Waals surface area contributed by atoms with E-state index in [9.17, 15) is 23.7 Å². The number of anilines is 1. The molecule has 1 rings (SSSR count). The Hall–Kier alpha value is -2.25. The number of nitro benzene ring substituents is 1. The molecule has 6 nitrogen and oxygen atoms in total. The van der Waals surface area contributed by atoms with E-state index >= 15 is 0 Å². The number of carboxylic acid groups (broad SMARTS) is 1. The number of rotatable bonds is 7. The number of hydrogen-bond donors (Lipinski definition) is 2. The summed E-state index contributed by atoms with van der Waals surface area (Å²) in [6.07, 6.45) is 0.316. The number of nitrogens with zero attached hydrogens (tertiary/aromatic N) is 1. The van der Waals surface area contributed by atoms with E-state index in [-0.39, 0.29) is 24.6 Å². The van der Waals surface area contributed by atoms with E-state index in [0.717, 1.165) is 6.07 Å². The van der Waals surface area contributed by atoms with Crippen molar-refractivity contribution in [2.75, 3.05) is 11.9 Å². The second-order valence-electron chi connectivity index (χ2n) is 4.46. The van der Waals surface area contributed by atoms with Gasteiger partial charge in [-0.15, -0.1) is 0 Å². The van der Waals surface area contributed by atoms with E-state index in [0.29, 0.717) is 12.5 Å². The summed E-state index contributed by atoms with van der Waals surface area (Å²) in [4.78, 5) is 20.2. The number of nitro groups is 1. The van der Waals surface area contributed by atoms with Gasteiger partial charge >= 0.3 is 11.7 Å². The Morgan fingerprint density at radius 2 is 2.15 bits per heavy atom. The second kappa shape index (κ2) is 6.78. The van der Waals surface area contributed by atoms with Gasteiger partial charge in [-0.1, -0.05) is 6.92 Å². The summed E-state index contributed by atoms with van der Waals surface area (Å²) < 4.78 is 26.4. The number of carboxylic acids is 1. The van der Waals surface area contributed by atoms with E-state index < -0.39 is 28.2 Å². The molecule has 2 N–H and O–H groups in total. The predicted octanol–water partition coefficient (Wildman–Crippen LogP) is 2.79. The molecule has 0 fully saturated rings. The van der Waals surface area contributed by atoms with Crippen molar-refractivity contribution in [1.82, 2.24) is 0 Å². The molecule has 0 saturated carbocycles. The Morgan fingerprint density at radius 3 is 2.70 bits per heavy atom. The molecule has 0 amide bonds. The molecular weight excluding hydrogens is 274 g/mol. The van der Waals surface area contributed by atoms with E-state index in [4.69, 9.17) is 5.11 Å². The van der Waals surface area contributed by atoms with Crippen molar-refractivity contribution in [3.63, 3.8) is 0 Å². The van der Waals surface area contributed by atoms with Crippen LogP contribution in [-0.4, -0.2) is 22.5 Å². The maximum absolute atomic E-state index is 13.3. The van der Waals surface area contributed by atoms with Crippen molar-refractivity contribution in [3.05, 3.63) is 33.9 Å². The molecule has 20 heavy (non-hydrogen) atoms. The molecule has 110 valence electrons. The molecule has 0 spiro atoms. The summed E-state index contributed by atoms with van der Waals surface area (Å²) in [5.74, 6) is -3.24. The topological polar surface area (TPSA) is 92.5 Å². The molecule has 1 unspecified atom stereocenters. The maximum atomic E-state index is 13.3. The van der Waals surface area contributed by atoms with Gasteiger partial charge in [0.25, 0.3) is 0 Å². The molecule has 0 aliphatic rings. The summed E-state index contributed by atoms with van der Waals surface area (Å²) in [7, 11) is 0. The molecule has 0 heterocycles. The number of halogens is 2. The van der Waals surface area contributed by atoms with Crippen LogP contribution in [0.3, 0.4) is 0 Å². The highest BCUT2D eigenvalue weighted by molar-refractivity contribution is 5.66. The smallest absolute Gasteiger partial charge is 0.327 e. The van der Waals surface area contributed by atoms with Gasteiger partial charge in [-0.3, -0.25) is 14.9 Å². The van der Waals surface area contributed by atoms with Gasteiger partial charge in [-0.25, -0.2) is 4.39 Å². The summed E-state index contributed by atoms with van der Waals surface area (Å²) in [5, 5.41) is 21.9. The molecule has 0 bridgehead atoms. The number of aliphatic carboxylic acids is 1. The third-order valence-corrected chi connectivity index (χ3v) is 2.70. The number of nitrogens with one attached hydrogen (secondary N) is 1. The van der Waals surface area contributed by atoms with Crippen LogP contribution in [0.2, 0.25) is 0 Å². The van der Waals surface area contributed by atoms with Crippen LogP contribution in [0.5, 0.6) is 0 Å². The lowest BCUT2D eigenvalue weighted by atomic mass is 10.1. The minimum atomic E-state index is -1.25. The Bertz CT molecular complexity index is 522. The van der Waals surface area contributed by atoms with Crippen LogP contribution in [0.4, 0.5) is 20.2 Å². The lowest BCUT2D eigenvalue weighted by Crippen LogP contribution is -2.14. The van der Waals surface area contributed by atoms with Crippen LogP contribution in [0.1, 0.15) is 19.8 Å². The fourth-order valence-electron chi connectivity index (χ4n) is 1.64. The largest absolute Gasteiger partial charge is 0.481 e. The molecule has 0 aliphatic heterocycles. The van der Waals surface area contributed by atoms with Crippen LogP contribution in [-0.2, 0) is 4.79 Å². The average molecular weight is 288 g/mol. The van der Waals surface area contributed by atoms with Gasteiger partial charge in [-0.05, 0) is 12.3 Å². The third kappa shape index (κ3) is 4.45. The number of benzene rings is 1. The molecule has 0 aromatic heterocycles. The van der Waals surface area contributed by atoms with E-state index in [1.165, 1.54) is 0 Å². The van der Waals surface area contributed by atoms with Crippen molar-refractivity contribution in [2.24, 2.45) is 5.92 Å². The van der Waals surface area contributed by atoms with E-state index in [1.54, 1.807) is 6.92 Å². The number of carbonyl (C=O) groups is 1. The van der Waals surface area contributed by atoms with Gasteiger partial charge < -0.3 is 10.4 Å². The summed E-state index contributed by atoms with van der Waals surface area (Å²) >= 11 is 0. The zero-order chi connectivity index (χ0) is 15.3. The lowest BCUT2D eigenvalue weighted by Gasteiger charge is -2.13. The monoisotopic (exact) mass is 288 g/mol. The van der Waals surface area contributed by atoms with Gasteiger partial charge in [0.05, 0.1) is 4.92 Å². The van der Waals surface area contributed by atoms with Crippen molar-refractivity contribution >= 4 is 17.3 Å².